The molecule has 4 nitrogen and oxygen atoms in total. The summed E-state index contributed by atoms with van der Waals surface area (Å²) in [5.74, 6) is 2.23. The molecule has 0 heterocycles. The fourth-order valence-electron chi connectivity index (χ4n) is 1.91. The molecule has 5 heteroatoms. The summed E-state index contributed by atoms with van der Waals surface area (Å²) in [6.07, 6.45) is 0. The van der Waals surface area contributed by atoms with Crippen LogP contribution in [0.3, 0.4) is 0 Å². The number of hydrogen-bond donors (Lipinski definition) is 2. The lowest BCUT2D eigenvalue weighted by atomic mass is 10.3. The van der Waals surface area contributed by atoms with Gasteiger partial charge >= 0.3 is 0 Å². The topological polar surface area (TPSA) is 70.5 Å². The van der Waals surface area contributed by atoms with Crippen LogP contribution in [-0.4, -0.2) is 7.11 Å². The number of halogens is 1. The number of benzene rings is 3. The van der Waals surface area contributed by atoms with Crippen LogP contribution in [0.2, 0.25) is 5.02 Å². The first kappa shape index (κ1) is 17.5. The van der Waals surface area contributed by atoms with Crippen LogP contribution < -0.4 is 20.9 Å². The van der Waals surface area contributed by atoms with E-state index in [0.29, 0.717) is 22.1 Å². The minimum Gasteiger partial charge on any atom is -0.495 e. The number of methoxy groups -OCH3 is 1. The van der Waals surface area contributed by atoms with Crippen molar-refractivity contribution in [3.05, 3.63) is 77.8 Å². The van der Waals surface area contributed by atoms with Crippen molar-refractivity contribution in [3.8, 4) is 17.2 Å². The average molecular weight is 343 g/mol. The van der Waals surface area contributed by atoms with Crippen LogP contribution in [0.5, 0.6) is 17.2 Å². The highest BCUT2D eigenvalue weighted by Gasteiger charge is 1.97. The zero-order valence-electron chi connectivity index (χ0n) is 13.3. The number of nitrogen functional groups attached to an aromatic ring is 2. The van der Waals surface area contributed by atoms with Gasteiger partial charge in [0.15, 0.2) is 0 Å². The van der Waals surface area contributed by atoms with Gasteiger partial charge in [-0.15, -0.1) is 0 Å². The van der Waals surface area contributed by atoms with Gasteiger partial charge in [0.2, 0.25) is 0 Å². The lowest BCUT2D eigenvalue weighted by molar-refractivity contribution is 0.417. The Hall–Kier alpha value is -2.85. The second-order valence-electron chi connectivity index (χ2n) is 4.87. The molecule has 0 bridgehead atoms. The molecule has 24 heavy (non-hydrogen) atoms. The molecule has 0 unspecified atom stereocenters. The van der Waals surface area contributed by atoms with Gasteiger partial charge in [-0.05, 0) is 42.5 Å². The van der Waals surface area contributed by atoms with Crippen LogP contribution in [-0.2, 0) is 0 Å². The third-order valence-electron chi connectivity index (χ3n) is 3.03. The fraction of sp³-hybridized carbons (Fsp3) is 0.0526. The minimum atomic E-state index is 0.565. The van der Waals surface area contributed by atoms with E-state index in [1.165, 1.54) is 0 Å². The van der Waals surface area contributed by atoms with E-state index in [9.17, 15) is 0 Å². The molecule has 4 N–H and O–H groups in total. The summed E-state index contributed by atoms with van der Waals surface area (Å²) in [5, 5.41) is 0.623. The van der Waals surface area contributed by atoms with Gasteiger partial charge in [0.25, 0.3) is 0 Å². The van der Waals surface area contributed by atoms with Gasteiger partial charge in [0, 0.05) is 16.8 Å². The summed E-state index contributed by atoms with van der Waals surface area (Å²) < 4.78 is 10.5. The number of nitrogens with two attached hydrogens (primary N) is 2. The number of anilines is 2. The van der Waals surface area contributed by atoms with Crippen molar-refractivity contribution < 1.29 is 9.47 Å². The SMILES string of the molecule is COc1ccc(Cl)cc1N.Nc1cccc(Oc2ccccc2)c1. The largest absolute Gasteiger partial charge is 0.495 e. The molecule has 0 aromatic heterocycles. The monoisotopic (exact) mass is 342 g/mol. The van der Waals surface area contributed by atoms with Crippen LogP contribution in [0.15, 0.2) is 72.8 Å². The van der Waals surface area contributed by atoms with Gasteiger partial charge < -0.3 is 20.9 Å². The summed E-state index contributed by atoms with van der Waals surface area (Å²) in [4.78, 5) is 0. The van der Waals surface area contributed by atoms with Crippen LogP contribution >= 0.6 is 11.6 Å². The molecule has 0 saturated heterocycles. The standard InChI is InChI=1S/C12H11NO.C7H8ClNO/c13-10-5-4-8-12(9-10)14-11-6-2-1-3-7-11;1-10-7-3-2-5(8)4-6(7)9/h1-9H,13H2;2-4H,9H2,1H3. The zero-order valence-corrected chi connectivity index (χ0v) is 14.0. The van der Waals surface area contributed by atoms with Crippen LogP contribution in [0.1, 0.15) is 0 Å². The smallest absolute Gasteiger partial charge is 0.141 e. The summed E-state index contributed by atoms with van der Waals surface area (Å²) >= 11 is 5.64. The van der Waals surface area contributed by atoms with E-state index in [2.05, 4.69) is 0 Å². The van der Waals surface area contributed by atoms with Gasteiger partial charge in [-0.2, -0.15) is 0 Å². The molecule has 0 aliphatic rings. The highest BCUT2D eigenvalue weighted by molar-refractivity contribution is 6.30. The van der Waals surface area contributed by atoms with Gasteiger partial charge in [0.05, 0.1) is 12.8 Å². The Labute approximate surface area is 146 Å². The Morgan fingerprint density at radius 2 is 1.50 bits per heavy atom. The molecule has 0 saturated carbocycles. The Morgan fingerprint density at radius 3 is 2.12 bits per heavy atom. The summed E-state index contributed by atoms with van der Waals surface area (Å²) in [7, 11) is 1.57. The maximum atomic E-state index is 5.64. The predicted octanol–water partition coefficient (Wildman–Crippen LogP) is 4.99. The second-order valence-corrected chi connectivity index (χ2v) is 5.31. The van der Waals surface area contributed by atoms with E-state index < -0.39 is 0 Å². The highest BCUT2D eigenvalue weighted by Crippen LogP contribution is 2.24. The van der Waals surface area contributed by atoms with Crippen LogP contribution in [0.4, 0.5) is 11.4 Å². The molecular weight excluding hydrogens is 324 g/mol. The molecule has 0 atom stereocenters. The van der Waals surface area contributed by atoms with Crippen molar-refractivity contribution in [2.24, 2.45) is 0 Å². The van der Waals surface area contributed by atoms with Crippen molar-refractivity contribution >= 4 is 23.0 Å². The van der Waals surface area contributed by atoms with E-state index in [-0.39, 0.29) is 0 Å². The molecule has 124 valence electrons. The molecule has 3 aromatic rings. The van der Waals surface area contributed by atoms with E-state index >= 15 is 0 Å². The fourth-order valence-corrected chi connectivity index (χ4v) is 2.09. The summed E-state index contributed by atoms with van der Waals surface area (Å²) in [5.41, 5.74) is 12.4. The third-order valence-corrected chi connectivity index (χ3v) is 3.26. The average Bonchev–Trinajstić information content (AvgIpc) is 2.56. The molecular formula is C19H19ClN2O2. The minimum absolute atomic E-state index is 0.565. The molecule has 3 rings (SSSR count). The Bertz CT molecular complexity index is 779. The first-order valence-electron chi connectivity index (χ1n) is 7.26. The molecule has 3 aromatic carbocycles. The van der Waals surface area contributed by atoms with E-state index in [4.69, 9.17) is 32.5 Å². The lowest BCUT2D eigenvalue weighted by Gasteiger charge is -2.05. The Kier molecular flexibility index (Phi) is 6.34. The zero-order chi connectivity index (χ0) is 17.4. The number of rotatable bonds is 3. The second kappa shape index (κ2) is 8.70. The first-order chi connectivity index (χ1) is 11.6. The van der Waals surface area contributed by atoms with Crippen LogP contribution in [0.25, 0.3) is 0 Å². The van der Waals surface area contributed by atoms with Gasteiger partial charge in [0.1, 0.15) is 17.2 Å². The molecule has 0 spiro atoms. The highest BCUT2D eigenvalue weighted by atomic mass is 35.5. The molecule has 0 aliphatic heterocycles. The Morgan fingerprint density at radius 1 is 0.792 bits per heavy atom. The van der Waals surface area contributed by atoms with Crippen molar-refractivity contribution in [1.29, 1.82) is 0 Å². The molecule has 0 amide bonds. The maximum Gasteiger partial charge on any atom is 0.141 e. The molecule has 0 radical (unpaired) electrons. The van der Waals surface area contributed by atoms with Crippen molar-refractivity contribution in [2.75, 3.05) is 18.6 Å². The van der Waals surface area contributed by atoms with E-state index in [1.54, 1.807) is 31.4 Å². The summed E-state index contributed by atoms with van der Waals surface area (Å²) in [6.45, 7) is 0. The van der Waals surface area contributed by atoms with E-state index in [0.717, 1.165) is 11.5 Å². The van der Waals surface area contributed by atoms with Gasteiger partial charge in [-0.3, -0.25) is 0 Å². The molecule has 0 aliphatic carbocycles. The normalized spacial score (nSPS) is 9.58. The number of ether oxygens (including phenoxy) is 2. The van der Waals surface area contributed by atoms with Gasteiger partial charge in [-0.25, -0.2) is 0 Å². The van der Waals surface area contributed by atoms with Crippen molar-refractivity contribution in [3.63, 3.8) is 0 Å². The predicted molar refractivity (Wildman–Crippen MR) is 99.8 cm³/mol. The summed E-state index contributed by atoms with van der Waals surface area (Å²) in [6, 6.07) is 22.1. The third kappa shape index (κ3) is 5.41. The Balaban J connectivity index is 0.000000185. The van der Waals surface area contributed by atoms with Crippen molar-refractivity contribution in [1.82, 2.24) is 0 Å². The van der Waals surface area contributed by atoms with Crippen molar-refractivity contribution in [2.45, 2.75) is 0 Å². The van der Waals surface area contributed by atoms with Gasteiger partial charge in [-0.1, -0.05) is 35.9 Å². The lowest BCUT2D eigenvalue weighted by Crippen LogP contribution is -1.90. The number of para-hydroxylation sites is 1. The number of hydrogen-bond acceptors (Lipinski definition) is 4. The van der Waals surface area contributed by atoms with E-state index in [1.807, 2.05) is 48.5 Å². The molecule has 0 fully saturated rings. The maximum absolute atomic E-state index is 5.64. The quantitative estimate of drug-likeness (QED) is 0.658. The first-order valence-corrected chi connectivity index (χ1v) is 7.64. The van der Waals surface area contributed by atoms with Crippen LogP contribution in [0, 0.1) is 0 Å².